The van der Waals surface area contributed by atoms with Crippen LogP contribution >= 0.6 is 0 Å². The first-order chi connectivity index (χ1) is 9.61. The SMILES string of the molecule is COCCN(c1ccc(F)cc1CNC(C)C)C1CC1. The first-order valence-corrected chi connectivity index (χ1v) is 7.39. The summed E-state index contributed by atoms with van der Waals surface area (Å²) >= 11 is 0. The average Bonchev–Trinajstić information content (AvgIpc) is 3.23. The molecule has 0 atom stereocenters. The van der Waals surface area contributed by atoms with Crippen LogP contribution in [0.25, 0.3) is 0 Å². The van der Waals surface area contributed by atoms with Crippen molar-refractivity contribution in [1.82, 2.24) is 5.32 Å². The van der Waals surface area contributed by atoms with E-state index in [0.717, 1.165) is 17.8 Å². The topological polar surface area (TPSA) is 24.5 Å². The molecular weight excluding hydrogens is 255 g/mol. The molecule has 0 radical (unpaired) electrons. The Kier molecular flexibility index (Phi) is 5.38. The van der Waals surface area contributed by atoms with Crippen molar-refractivity contribution in [2.24, 2.45) is 0 Å². The Bertz CT molecular complexity index is 432. The van der Waals surface area contributed by atoms with E-state index in [2.05, 4.69) is 24.1 Å². The van der Waals surface area contributed by atoms with Crippen LogP contribution < -0.4 is 10.2 Å². The molecule has 1 aromatic carbocycles. The predicted molar refractivity (Wildman–Crippen MR) is 80.6 cm³/mol. The van der Waals surface area contributed by atoms with Gasteiger partial charge in [0, 0.05) is 38.0 Å². The van der Waals surface area contributed by atoms with Gasteiger partial charge in [-0.2, -0.15) is 0 Å². The molecular formula is C16H25FN2O. The minimum absolute atomic E-state index is 0.170. The molecule has 1 saturated carbocycles. The summed E-state index contributed by atoms with van der Waals surface area (Å²) in [4.78, 5) is 2.36. The van der Waals surface area contributed by atoms with Crippen molar-refractivity contribution in [1.29, 1.82) is 0 Å². The third-order valence-corrected chi connectivity index (χ3v) is 3.58. The van der Waals surface area contributed by atoms with Crippen LogP contribution in [0.1, 0.15) is 32.3 Å². The fourth-order valence-electron chi connectivity index (χ4n) is 2.37. The van der Waals surface area contributed by atoms with E-state index in [1.54, 1.807) is 19.2 Å². The summed E-state index contributed by atoms with van der Waals surface area (Å²) in [6.07, 6.45) is 2.44. The molecule has 1 fully saturated rings. The summed E-state index contributed by atoms with van der Waals surface area (Å²) in [5, 5.41) is 3.38. The fraction of sp³-hybridized carbons (Fsp3) is 0.625. The highest BCUT2D eigenvalue weighted by Gasteiger charge is 2.30. The summed E-state index contributed by atoms with van der Waals surface area (Å²) < 4.78 is 18.7. The van der Waals surface area contributed by atoms with E-state index >= 15 is 0 Å². The lowest BCUT2D eigenvalue weighted by atomic mass is 10.1. The van der Waals surface area contributed by atoms with Crippen LogP contribution in [0.3, 0.4) is 0 Å². The highest BCUT2D eigenvalue weighted by atomic mass is 19.1. The number of rotatable bonds is 8. The van der Waals surface area contributed by atoms with E-state index in [0.29, 0.717) is 25.2 Å². The number of hydrogen-bond acceptors (Lipinski definition) is 3. The van der Waals surface area contributed by atoms with E-state index in [9.17, 15) is 4.39 Å². The molecule has 1 aliphatic rings. The summed E-state index contributed by atoms with van der Waals surface area (Å²) in [7, 11) is 1.72. The zero-order chi connectivity index (χ0) is 14.5. The molecule has 0 unspecified atom stereocenters. The van der Waals surface area contributed by atoms with Gasteiger partial charge in [0.05, 0.1) is 6.61 Å². The monoisotopic (exact) mass is 280 g/mol. The lowest BCUT2D eigenvalue weighted by Crippen LogP contribution is -2.31. The Morgan fingerprint density at radius 2 is 2.15 bits per heavy atom. The summed E-state index contributed by atoms with van der Waals surface area (Å²) in [6.45, 7) is 6.46. The Labute approximate surface area is 121 Å². The zero-order valence-corrected chi connectivity index (χ0v) is 12.7. The minimum atomic E-state index is -0.170. The molecule has 0 saturated heterocycles. The molecule has 0 aromatic heterocycles. The quantitative estimate of drug-likeness (QED) is 0.792. The Hall–Kier alpha value is -1.13. The van der Waals surface area contributed by atoms with Crippen LogP contribution in [0.15, 0.2) is 18.2 Å². The van der Waals surface area contributed by atoms with Gasteiger partial charge >= 0.3 is 0 Å². The summed E-state index contributed by atoms with van der Waals surface area (Å²) in [6, 6.07) is 6.08. The molecule has 112 valence electrons. The van der Waals surface area contributed by atoms with Gasteiger partial charge in [-0.05, 0) is 36.6 Å². The van der Waals surface area contributed by atoms with Crippen LogP contribution in [0.4, 0.5) is 10.1 Å². The van der Waals surface area contributed by atoms with E-state index in [1.165, 1.54) is 12.8 Å². The van der Waals surface area contributed by atoms with Crippen molar-refractivity contribution in [3.05, 3.63) is 29.6 Å². The van der Waals surface area contributed by atoms with Gasteiger partial charge in [0.15, 0.2) is 0 Å². The van der Waals surface area contributed by atoms with Gasteiger partial charge in [0.25, 0.3) is 0 Å². The molecule has 0 heterocycles. The van der Waals surface area contributed by atoms with Crippen molar-refractivity contribution in [3.63, 3.8) is 0 Å². The van der Waals surface area contributed by atoms with Crippen LogP contribution in [0, 0.1) is 5.82 Å². The second-order valence-corrected chi connectivity index (χ2v) is 5.73. The van der Waals surface area contributed by atoms with E-state index in [-0.39, 0.29) is 5.82 Å². The minimum Gasteiger partial charge on any atom is -0.383 e. The molecule has 4 heteroatoms. The summed E-state index contributed by atoms with van der Waals surface area (Å²) in [5.74, 6) is -0.170. The number of methoxy groups -OCH3 is 1. The van der Waals surface area contributed by atoms with Crippen molar-refractivity contribution in [2.45, 2.75) is 45.3 Å². The number of nitrogens with one attached hydrogen (secondary N) is 1. The van der Waals surface area contributed by atoms with Gasteiger partial charge in [-0.1, -0.05) is 13.8 Å². The highest BCUT2D eigenvalue weighted by molar-refractivity contribution is 5.55. The van der Waals surface area contributed by atoms with Gasteiger partial charge in [0.1, 0.15) is 5.82 Å². The maximum absolute atomic E-state index is 13.5. The number of halogens is 1. The number of hydrogen-bond donors (Lipinski definition) is 1. The highest BCUT2D eigenvalue weighted by Crippen LogP contribution is 2.33. The Morgan fingerprint density at radius 1 is 1.40 bits per heavy atom. The maximum atomic E-state index is 13.5. The molecule has 1 aromatic rings. The van der Waals surface area contributed by atoms with Crippen molar-refractivity contribution in [2.75, 3.05) is 25.2 Å². The van der Waals surface area contributed by atoms with E-state index in [4.69, 9.17) is 4.74 Å². The first kappa shape index (κ1) is 15.3. The zero-order valence-electron chi connectivity index (χ0n) is 12.7. The Morgan fingerprint density at radius 3 is 2.75 bits per heavy atom. The Balaban J connectivity index is 2.18. The van der Waals surface area contributed by atoms with Crippen LogP contribution in [-0.4, -0.2) is 32.3 Å². The first-order valence-electron chi connectivity index (χ1n) is 7.39. The number of ether oxygens (including phenoxy) is 1. The van der Waals surface area contributed by atoms with Gasteiger partial charge < -0.3 is 15.0 Å². The van der Waals surface area contributed by atoms with E-state index in [1.807, 2.05) is 6.07 Å². The predicted octanol–water partition coefficient (Wildman–Crippen LogP) is 2.94. The van der Waals surface area contributed by atoms with Gasteiger partial charge in [-0.3, -0.25) is 0 Å². The second kappa shape index (κ2) is 7.04. The lowest BCUT2D eigenvalue weighted by molar-refractivity contribution is 0.205. The van der Waals surface area contributed by atoms with Crippen LogP contribution in [-0.2, 0) is 11.3 Å². The maximum Gasteiger partial charge on any atom is 0.123 e. The number of benzene rings is 1. The molecule has 0 spiro atoms. The van der Waals surface area contributed by atoms with Gasteiger partial charge in [0.2, 0.25) is 0 Å². The molecule has 0 aliphatic heterocycles. The van der Waals surface area contributed by atoms with Gasteiger partial charge in [-0.15, -0.1) is 0 Å². The van der Waals surface area contributed by atoms with Crippen molar-refractivity contribution >= 4 is 5.69 Å². The lowest BCUT2D eigenvalue weighted by Gasteiger charge is -2.27. The number of anilines is 1. The number of nitrogens with zero attached hydrogens (tertiary/aromatic N) is 1. The second-order valence-electron chi connectivity index (χ2n) is 5.73. The van der Waals surface area contributed by atoms with Crippen molar-refractivity contribution < 1.29 is 9.13 Å². The summed E-state index contributed by atoms with van der Waals surface area (Å²) in [5.41, 5.74) is 2.17. The molecule has 0 amide bonds. The molecule has 1 aliphatic carbocycles. The molecule has 3 nitrogen and oxygen atoms in total. The standard InChI is InChI=1S/C16H25FN2O/c1-12(2)18-11-13-10-14(17)4-7-16(13)19(8-9-20-3)15-5-6-15/h4,7,10,12,15,18H,5-6,8-9,11H2,1-3H3. The van der Waals surface area contributed by atoms with Crippen LogP contribution in [0.2, 0.25) is 0 Å². The normalized spacial score (nSPS) is 14.8. The van der Waals surface area contributed by atoms with Crippen molar-refractivity contribution in [3.8, 4) is 0 Å². The fourth-order valence-corrected chi connectivity index (χ4v) is 2.37. The molecule has 0 bridgehead atoms. The smallest absolute Gasteiger partial charge is 0.123 e. The molecule has 2 rings (SSSR count). The van der Waals surface area contributed by atoms with E-state index < -0.39 is 0 Å². The van der Waals surface area contributed by atoms with Crippen LogP contribution in [0.5, 0.6) is 0 Å². The van der Waals surface area contributed by atoms with Gasteiger partial charge in [-0.25, -0.2) is 4.39 Å². The third kappa shape index (κ3) is 4.18. The average molecular weight is 280 g/mol. The molecule has 1 N–H and O–H groups in total. The third-order valence-electron chi connectivity index (χ3n) is 3.58. The largest absolute Gasteiger partial charge is 0.383 e. The molecule has 20 heavy (non-hydrogen) atoms.